The highest BCUT2D eigenvalue weighted by Crippen LogP contribution is 2.37. The first-order valence-electron chi connectivity index (χ1n) is 8.26. The Balaban J connectivity index is 1.75. The summed E-state index contributed by atoms with van der Waals surface area (Å²) in [5, 5.41) is 8.69. The molecule has 132 valence electrons. The lowest BCUT2D eigenvalue weighted by Crippen LogP contribution is -2.39. The fourth-order valence-electron chi connectivity index (χ4n) is 3.12. The van der Waals surface area contributed by atoms with Crippen molar-refractivity contribution in [1.82, 2.24) is 4.90 Å². The maximum Gasteiger partial charge on any atom is 0.341 e. The fourth-order valence-corrected chi connectivity index (χ4v) is 4.52. The lowest BCUT2D eigenvalue weighted by Gasteiger charge is -2.29. The monoisotopic (exact) mass is 377 g/mol. The average Bonchev–Trinajstić information content (AvgIpc) is 2.88. The van der Waals surface area contributed by atoms with Gasteiger partial charge in [0.2, 0.25) is 0 Å². The van der Waals surface area contributed by atoms with Crippen LogP contribution in [0.15, 0.2) is 29.2 Å². The number of thiocarbonyl (C=S) groups is 1. The molecule has 0 spiro atoms. The van der Waals surface area contributed by atoms with Gasteiger partial charge in [0, 0.05) is 6.04 Å². The van der Waals surface area contributed by atoms with Crippen molar-refractivity contribution in [3.63, 3.8) is 0 Å². The van der Waals surface area contributed by atoms with Crippen LogP contribution < -0.4 is 4.74 Å². The van der Waals surface area contributed by atoms with Gasteiger partial charge in [-0.15, -0.1) is 0 Å². The number of rotatable bonds is 5. The number of benzene rings is 1. The highest BCUT2D eigenvalue weighted by molar-refractivity contribution is 8.26. The Bertz CT molecular complexity index is 726. The first kappa shape index (κ1) is 17.9. The molecule has 1 heterocycles. The number of ether oxygens (including phenoxy) is 1. The van der Waals surface area contributed by atoms with Gasteiger partial charge in [0.25, 0.3) is 5.91 Å². The zero-order valence-electron chi connectivity index (χ0n) is 13.6. The Morgan fingerprint density at radius 2 is 2.12 bits per heavy atom. The number of carbonyl (C=O) groups is 2. The second-order valence-corrected chi connectivity index (χ2v) is 7.77. The molecule has 1 aromatic rings. The van der Waals surface area contributed by atoms with Gasteiger partial charge in [-0.3, -0.25) is 9.69 Å². The third-order valence-corrected chi connectivity index (χ3v) is 5.61. The predicted molar refractivity (Wildman–Crippen MR) is 101 cm³/mol. The molecule has 0 unspecified atom stereocenters. The minimum Gasteiger partial charge on any atom is -0.482 e. The van der Waals surface area contributed by atoms with Gasteiger partial charge in [0.1, 0.15) is 10.1 Å². The molecule has 0 aromatic heterocycles. The van der Waals surface area contributed by atoms with E-state index in [0.717, 1.165) is 31.2 Å². The molecule has 0 radical (unpaired) electrons. The number of nitrogens with zero attached hydrogens (tertiary/aromatic N) is 1. The van der Waals surface area contributed by atoms with E-state index < -0.39 is 12.6 Å². The van der Waals surface area contributed by atoms with Crippen molar-refractivity contribution in [2.24, 2.45) is 0 Å². The Kier molecular flexibility index (Phi) is 5.75. The van der Waals surface area contributed by atoms with Crippen molar-refractivity contribution >= 4 is 46.3 Å². The van der Waals surface area contributed by atoms with Gasteiger partial charge in [0.15, 0.2) is 6.61 Å². The Morgan fingerprint density at radius 3 is 2.84 bits per heavy atom. The lowest BCUT2D eigenvalue weighted by atomic mass is 9.94. The Morgan fingerprint density at radius 1 is 1.36 bits per heavy atom. The molecule has 0 atom stereocenters. The first-order valence-corrected chi connectivity index (χ1v) is 9.49. The summed E-state index contributed by atoms with van der Waals surface area (Å²) in [5.41, 5.74) is 0.784. The smallest absolute Gasteiger partial charge is 0.341 e. The quantitative estimate of drug-likeness (QED) is 0.624. The molecule has 7 heteroatoms. The summed E-state index contributed by atoms with van der Waals surface area (Å²) in [7, 11) is 0. The third-order valence-electron chi connectivity index (χ3n) is 4.28. The average molecular weight is 377 g/mol. The largest absolute Gasteiger partial charge is 0.482 e. The molecule has 1 amide bonds. The van der Waals surface area contributed by atoms with Gasteiger partial charge in [0.05, 0.1) is 4.91 Å². The first-order chi connectivity index (χ1) is 12.0. The van der Waals surface area contributed by atoms with Crippen molar-refractivity contribution in [3.8, 4) is 5.75 Å². The van der Waals surface area contributed by atoms with E-state index >= 15 is 0 Å². The van der Waals surface area contributed by atoms with Crippen molar-refractivity contribution in [3.05, 3.63) is 34.7 Å². The molecule has 1 N–H and O–H groups in total. The molecular formula is C18H19NO4S2. The highest BCUT2D eigenvalue weighted by Gasteiger charge is 2.37. The van der Waals surface area contributed by atoms with E-state index in [-0.39, 0.29) is 11.9 Å². The van der Waals surface area contributed by atoms with Crippen LogP contribution in [0, 0.1) is 0 Å². The number of carboxylic acids is 1. The SMILES string of the molecule is O=C(O)COc1cccc(C=C2SC(=S)N(C3CCCCC3)C2=O)c1. The van der Waals surface area contributed by atoms with Crippen LogP contribution in [0.2, 0.25) is 0 Å². The minimum absolute atomic E-state index is 0.0289. The van der Waals surface area contributed by atoms with Crippen LogP contribution in [0.1, 0.15) is 37.7 Å². The maximum absolute atomic E-state index is 12.8. The predicted octanol–water partition coefficient (Wildman–Crippen LogP) is 3.68. The summed E-state index contributed by atoms with van der Waals surface area (Å²) in [6.07, 6.45) is 7.32. The summed E-state index contributed by atoms with van der Waals surface area (Å²) in [6.45, 7) is -0.396. The van der Waals surface area contributed by atoms with Gasteiger partial charge in [-0.1, -0.05) is 55.4 Å². The summed E-state index contributed by atoms with van der Waals surface area (Å²) >= 11 is 6.75. The molecular weight excluding hydrogens is 358 g/mol. The van der Waals surface area contributed by atoms with E-state index in [4.69, 9.17) is 22.1 Å². The van der Waals surface area contributed by atoms with Crippen LogP contribution in [0.25, 0.3) is 6.08 Å². The third kappa shape index (κ3) is 4.41. The lowest BCUT2D eigenvalue weighted by molar-refractivity contribution is -0.139. The van der Waals surface area contributed by atoms with Gasteiger partial charge >= 0.3 is 5.97 Å². The van der Waals surface area contributed by atoms with Crippen LogP contribution in [0.5, 0.6) is 5.75 Å². The van der Waals surface area contributed by atoms with Crippen molar-refractivity contribution in [2.45, 2.75) is 38.1 Å². The van der Waals surface area contributed by atoms with Crippen LogP contribution in [0.3, 0.4) is 0 Å². The van der Waals surface area contributed by atoms with Gasteiger partial charge in [-0.05, 0) is 36.6 Å². The normalized spacial score (nSPS) is 20.3. The van der Waals surface area contributed by atoms with E-state index in [2.05, 4.69) is 0 Å². The number of aliphatic carboxylic acids is 1. The zero-order chi connectivity index (χ0) is 17.8. The van der Waals surface area contributed by atoms with Crippen LogP contribution >= 0.6 is 24.0 Å². The Labute approximate surface area is 156 Å². The molecule has 5 nitrogen and oxygen atoms in total. The number of amides is 1. The Hall–Kier alpha value is -1.86. The van der Waals surface area contributed by atoms with Crippen molar-refractivity contribution in [2.75, 3.05) is 6.61 Å². The van der Waals surface area contributed by atoms with Crippen molar-refractivity contribution in [1.29, 1.82) is 0 Å². The fraction of sp³-hybridized carbons (Fsp3) is 0.389. The topological polar surface area (TPSA) is 66.8 Å². The van der Waals surface area contributed by atoms with Gasteiger partial charge < -0.3 is 9.84 Å². The second-order valence-electron chi connectivity index (χ2n) is 6.10. The maximum atomic E-state index is 12.8. The molecule has 3 rings (SSSR count). The molecule has 2 fully saturated rings. The molecule has 1 aliphatic heterocycles. The van der Waals surface area contributed by atoms with Crippen molar-refractivity contribution < 1.29 is 19.4 Å². The molecule has 1 aliphatic carbocycles. The van der Waals surface area contributed by atoms with E-state index in [1.54, 1.807) is 29.2 Å². The number of carboxylic acid groups (broad SMARTS) is 1. The van der Waals surface area contributed by atoms with Crippen LogP contribution in [0.4, 0.5) is 0 Å². The van der Waals surface area contributed by atoms with Crippen LogP contribution in [-0.2, 0) is 9.59 Å². The molecule has 1 saturated carbocycles. The molecule has 25 heavy (non-hydrogen) atoms. The summed E-state index contributed by atoms with van der Waals surface area (Å²) in [6, 6.07) is 7.24. The number of hydrogen-bond donors (Lipinski definition) is 1. The minimum atomic E-state index is -1.03. The van der Waals surface area contributed by atoms with Crippen LogP contribution in [-0.4, -0.2) is 38.9 Å². The number of carbonyl (C=O) groups excluding carboxylic acids is 1. The molecule has 1 aromatic carbocycles. The molecule has 2 aliphatic rings. The van der Waals surface area contributed by atoms with E-state index in [9.17, 15) is 9.59 Å². The van der Waals surface area contributed by atoms with E-state index in [1.165, 1.54) is 18.2 Å². The molecule has 1 saturated heterocycles. The van der Waals surface area contributed by atoms with Gasteiger partial charge in [-0.25, -0.2) is 4.79 Å². The summed E-state index contributed by atoms with van der Waals surface area (Å²) in [5.74, 6) is -0.601. The molecule has 0 bridgehead atoms. The van der Waals surface area contributed by atoms with E-state index in [0.29, 0.717) is 15.0 Å². The number of thioether (sulfide) groups is 1. The highest BCUT2D eigenvalue weighted by atomic mass is 32.2. The van der Waals surface area contributed by atoms with Gasteiger partial charge in [-0.2, -0.15) is 0 Å². The standard InChI is InChI=1S/C18H19NO4S2/c20-16(21)11-23-14-8-4-5-12(9-14)10-15-17(22)19(18(24)25-15)13-6-2-1-3-7-13/h4-5,8-10,13H,1-3,6-7,11H2,(H,20,21). The summed E-state index contributed by atoms with van der Waals surface area (Å²) < 4.78 is 5.81. The summed E-state index contributed by atoms with van der Waals surface area (Å²) in [4.78, 5) is 25.7. The van der Waals surface area contributed by atoms with E-state index in [1.807, 2.05) is 6.07 Å². The zero-order valence-corrected chi connectivity index (χ0v) is 15.3. The number of hydrogen-bond acceptors (Lipinski definition) is 5. The second kappa shape index (κ2) is 8.01.